The average Bonchev–Trinajstić information content (AvgIpc) is 2.72. The van der Waals surface area contributed by atoms with Crippen molar-refractivity contribution in [3.63, 3.8) is 0 Å². The second-order valence-electron chi connectivity index (χ2n) is 4.49. The molecule has 0 aliphatic rings. The van der Waals surface area contributed by atoms with Crippen LogP contribution in [0.25, 0.3) is 10.9 Å². The van der Waals surface area contributed by atoms with Crippen LogP contribution in [0.15, 0.2) is 46.9 Å². The monoisotopic (exact) mass is 442 g/mol. The molecule has 0 aliphatic heterocycles. The van der Waals surface area contributed by atoms with E-state index in [-0.39, 0.29) is 0 Å². The lowest BCUT2D eigenvalue weighted by Gasteiger charge is -2.08. The fourth-order valence-electron chi connectivity index (χ4n) is 2.07. The summed E-state index contributed by atoms with van der Waals surface area (Å²) < 4.78 is 9.91. The largest absolute Gasteiger partial charge is 0.488 e. The lowest BCUT2D eigenvalue weighted by atomic mass is 10.2. The zero-order valence-corrected chi connectivity index (χ0v) is 14.6. The Morgan fingerprint density at radius 3 is 2.75 bits per heavy atom. The zero-order chi connectivity index (χ0) is 14.1. The molecule has 102 valence electrons. The van der Waals surface area contributed by atoms with Gasteiger partial charge in [-0.25, -0.2) is 0 Å². The summed E-state index contributed by atoms with van der Waals surface area (Å²) in [5.41, 5.74) is 2.09. The van der Waals surface area contributed by atoms with Gasteiger partial charge >= 0.3 is 0 Å². The summed E-state index contributed by atoms with van der Waals surface area (Å²) in [5, 5.41) is 5.55. The molecule has 3 nitrogen and oxygen atoms in total. The standard InChI is InChI=1S/C15H12BrIN2O/c1-19-15(17)14-12(18-19)7-11(16)8-13(14)20-9-10-5-3-2-4-6-10/h2-8H,9H2,1H3. The lowest BCUT2D eigenvalue weighted by molar-refractivity contribution is 0.309. The molecular formula is C15H12BrIN2O. The van der Waals surface area contributed by atoms with E-state index in [9.17, 15) is 0 Å². The van der Waals surface area contributed by atoms with Gasteiger partial charge in [-0.2, -0.15) is 5.10 Å². The van der Waals surface area contributed by atoms with E-state index >= 15 is 0 Å². The van der Waals surface area contributed by atoms with Crippen molar-refractivity contribution in [2.45, 2.75) is 6.61 Å². The van der Waals surface area contributed by atoms with Crippen molar-refractivity contribution in [3.8, 4) is 5.75 Å². The van der Waals surface area contributed by atoms with Gasteiger partial charge in [-0.3, -0.25) is 4.68 Å². The van der Waals surface area contributed by atoms with Crippen molar-refractivity contribution in [2.24, 2.45) is 7.05 Å². The molecule has 0 fully saturated rings. The highest BCUT2D eigenvalue weighted by Gasteiger charge is 2.13. The Labute approximate surface area is 139 Å². The number of ether oxygens (including phenoxy) is 1. The maximum atomic E-state index is 5.99. The molecule has 5 heteroatoms. The molecule has 0 N–H and O–H groups in total. The van der Waals surface area contributed by atoms with Crippen molar-refractivity contribution in [1.29, 1.82) is 0 Å². The normalized spacial score (nSPS) is 10.9. The van der Waals surface area contributed by atoms with Gasteiger partial charge in [0.1, 0.15) is 16.1 Å². The Morgan fingerprint density at radius 1 is 1.25 bits per heavy atom. The molecule has 0 spiro atoms. The van der Waals surface area contributed by atoms with Crippen LogP contribution in [-0.4, -0.2) is 9.78 Å². The van der Waals surface area contributed by atoms with Crippen LogP contribution in [0.3, 0.4) is 0 Å². The van der Waals surface area contributed by atoms with Crippen LogP contribution < -0.4 is 4.74 Å². The minimum absolute atomic E-state index is 0.553. The first kappa shape index (κ1) is 13.9. The van der Waals surface area contributed by atoms with E-state index in [4.69, 9.17) is 4.74 Å². The summed E-state index contributed by atoms with van der Waals surface area (Å²) in [6.45, 7) is 0.553. The van der Waals surface area contributed by atoms with Crippen molar-refractivity contribution in [3.05, 3.63) is 56.2 Å². The van der Waals surface area contributed by atoms with E-state index in [1.54, 1.807) is 0 Å². The zero-order valence-electron chi connectivity index (χ0n) is 10.8. The minimum Gasteiger partial charge on any atom is -0.488 e. The van der Waals surface area contributed by atoms with E-state index in [1.807, 2.05) is 42.1 Å². The third kappa shape index (κ3) is 2.69. The number of fused-ring (bicyclic) bond motifs is 1. The minimum atomic E-state index is 0.553. The predicted octanol–water partition coefficient (Wildman–Crippen LogP) is 4.52. The SMILES string of the molecule is Cn1nc2cc(Br)cc(OCc3ccccc3)c2c1I. The Balaban J connectivity index is 1.98. The first-order chi connectivity index (χ1) is 9.65. The molecular weight excluding hydrogens is 431 g/mol. The quantitative estimate of drug-likeness (QED) is 0.557. The van der Waals surface area contributed by atoms with Gasteiger partial charge in [-0.15, -0.1) is 0 Å². The smallest absolute Gasteiger partial charge is 0.133 e. The van der Waals surface area contributed by atoms with Gasteiger partial charge in [0.05, 0.1) is 10.9 Å². The summed E-state index contributed by atoms with van der Waals surface area (Å²) in [6.07, 6.45) is 0. The van der Waals surface area contributed by atoms with Crippen LogP contribution in [0.4, 0.5) is 0 Å². The molecule has 1 aromatic heterocycles. The fraction of sp³-hybridized carbons (Fsp3) is 0.133. The van der Waals surface area contributed by atoms with E-state index in [0.717, 1.165) is 30.4 Å². The molecule has 0 saturated heterocycles. The van der Waals surface area contributed by atoms with Gasteiger partial charge in [0.15, 0.2) is 0 Å². The second kappa shape index (κ2) is 5.73. The molecule has 1 heterocycles. The maximum absolute atomic E-state index is 5.99. The Hall–Kier alpha value is -1.08. The molecule has 3 rings (SSSR count). The van der Waals surface area contributed by atoms with Gasteiger partial charge in [-0.1, -0.05) is 46.3 Å². The van der Waals surface area contributed by atoms with E-state index in [2.05, 4.69) is 55.8 Å². The molecule has 2 aromatic carbocycles. The van der Waals surface area contributed by atoms with Gasteiger partial charge in [-0.05, 0) is 40.3 Å². The van der Waals surface area contributed by atoms with Gasteiger partial charge in [0, 0.05) is 11.5 Å². The number of rotatable bonds is 3. The molecule has 0 amide bonds. The third-order valence-electron chi connectivity index (χ3n) is 3.03. The molecule has 0 atom stereocenters. The average molecular weight is 443 g/mol. The molecule has 0 aliphatic carbocycles. The van der Waals surface area contributed by atoms with Crippen molar-refractivity contribution in [2.75, 3.05) is 0 Å². The number of aromatic nitrogens is 2. The van der Waals surface area contributed by atoms with Crippen LogP contribution in [0, 0.1) is 3.70 Å². The first-order valence-electron chi connectivity index (χ1n) is 6.13. The Kier molecular flexibility index (Phi) is 3.98. The van der Waals surface area contributed by atoms with Crippen LogP contribution in [0.5, 0.6) is 5.75 Å². The summed E-state index contributed by atoms with van der Waals surface area (Å²) in [4.78, 5) is 0. The van der Waals surface area contributed by atoms with Crippen LogP contribution >= 0.6 is 38.5 Å². The summed E-state index contributed by atoms with van der Waals surface area (Å²) >= 11 is 5.81. The number of benzene rings is 2. The van der Waals surface area contributed by atoms with Crippen LogP contribution in [-0.2, 0) is 13.7 Å². The Bertz CT molecular complexity index is 755. The van der Waals surface area contributed by atoms with Crippen molar-refractivity contribution < 1.29 is 4.74 Å². The van der Waals surface area contributed by atoms with Gasteiger partial charge < -0.3 is 4.74 Å². The molecule has 0 radical (unpaired) electrons. The van der Waals surface area contributed by atoms with Crippen LogP contribution in [0.1, 0.15) is 5.56 Å². The fourth-order valence-corrected chi connectivity index (χ4v) is 3.15. The Morgan fingerprint density at radius 2 is 2.00 bits per heavy atom. The topological polar surface area (TPSA) is 27.1 Å². The van der Waals surface area contributed by atoms with E-state index in [1.165, 1.54) is 0 Å². The highest BCUT2D eigenvalue weighted by atomic mass is 127. The lowest BCUT2D eigenvalue weighted by Crippen LogP contribution is -1.96. The van der Waals surface area contributed by atoms with Gasteiger partial charge in [0.2, 0.25) is 0 Å². The molecule has 20 heavy (non-hydrogen) atoms. The van der Waals surface area contributed by atoms with E-state index in [0.29, 0.717) is 6.61 Å². The van der Waals surface area contributed by atoms with Gasteiger partial charge in [0.25, 0.3) is 0 Å². The second-order valence-corrected chi connectivity index (χ2v) is 6.42. The van der Waals surface area contributed by atoms with Crippen molar-refractivity contribution >= 4 is 49.4 Å². The number of nitrogens with zero attached hydrogens (tertiary/aromatic N) is 2. The summed E-state index contributed by atoms with van der Waals surface area (Å²) in [5.74, 6) is 0.857. The molecule has 0 bridgehead atoms. The molecule has 0 unspecified atom stereocenters. The predicted molar refractivity (Wildman–Crippen MR) is 91.9 cm³/mol. The van der Waals surface area contributed by atoms with Crippen LogP contribution in [0.2, 0.25) is 0 Å². The highest BCUT2D eigenvalue weighted by Crippen LogP contribution is 2.33. The third-order valence-corrected chi connectivity index (χ3v) is 4.73. The summed E-state index contributed by atoms with van der Waals surface area (Å²) in [7, 11) is 1.94. The van der Waals surface area contributed by atoms with E-state index < -0.39 is 0 Å². The molecule has 0 saturated carbocycles. The number of hydrogen-bond acceptors (Lipinski definition) is 2. The maximum Gasteiger partial charge on any atom is 0.133 e. The van der Waals surface area contributed by atoms with Crippen molar-refractivity contribution in [1.82, 2.24) is 9.78 Å². The number of hydrogen-bond donors (Lipinski definition) is 0. The number of halogens is 2. The first-order valence-corrected chi connectivity index (χ1v) is 8.01. The highest BCUT2D eigenvalue weighted by molar-refractivity contribution is 14.1. The number of aryl methyl sites for hydroxylation is 1. The summed E-state index contributed by atoms with van der Waals surface area (Å²) in [6, 6.07) is 14.2. The molecule has 3 aromatic rings.